The van der Waals surface area contributed by atoms with Crippen LogP contribution in [0.1, 0.15) is 26.2 Å². The number of unbranched alkanes of at least 4 members (excludes halogenated alkanes) is 2. The summed E-state index contributed by atoms with van der Waals surface area (Å²) in [5, 5.41) is 9.03. The first-order valence-electron chi connectivity index (χ1n) is 9.47. The van der Waals surface area contributed by atoms with Crippen LogP contribution >= 0.6 is 23.5 Å². The van der Waals surface area contributed by atoms with Crippen LogP contribution in [0.15, 0.2) is 69.8 Å². The molecule has 0 bridgehead atoms. The van der Waals surface area contributed by atoms with Gasteiger partial charge in [0.05, 0.1) is 17.1 Å². The van der Waals surface area contributed by atoms with E-state index in [1.165, 1.54) is 24.6 Å². The molecule has 1 aliphatic rings. The fraction of sp³-hybridized carbons (Fsp3) is 0.286. The van der Waals surface area contributed by atoms with Crippen molar-refractivity contribution in [1.29, 1.82) is 0 Å². The quantitative estimate of drug-likeness (QED) is 0.386. The predicted octanol–water partition coefficient (Wildman–Crippen LogP) is 5.39. The number of amides is 1. The highest BCUT2D eigenvalue weighted by Crippen LogP contribution is 2.48. The molecular formula is C21H22N4OS2. The van der Waals surface area contributed by atoms with Crippen molar-refractivity contribution >= 4 is 40.8 Å². The molecule has 3 aromatic rings. The zero-order chi connectivity index (χ0) is 19.3. The summed E-state index contributed by atoms with van der Waals surface area (Å²) in [5.41, 5.74) is 1.89. The van der Waals surface area contributed by atoms with Crippen molar-refractivity contribution in [3.63, 3.8) is 0 Å². The first-order valence-corrected chi connectivity index (χ1v) is 11.3. The van der Waals surface area contributed by atoms with Crippen LogP contribution in [-0.2, 0) is 11.3 Å². The number of rotatable bonds is 7. The van der Waals surface area contributed by atoms with Crippen molar-refractivity contribution in [1.82, 2.24) is 14.8 Å². The molecule has 0 atom stereocenters. The first-order chi connectivity index (χ1) is 13.8. The standard InChI is InChI=1S/C21H22N4OS2/c1-2-3-8-13-24-15-22-23-21(24)27-14-20(26)25-16-9-4-6-11-18(16)28-19-12-7-5-10-17(19)25/h4-7,9-12,15H,2-3,8,13-14H2,1H3. The zero-order valence-corrected chi connectivity index (χ0v) is 17.4. The van der Waals surface area contributed by atoms with Gasteiger partial charge in [-0.05, 0) is 30.7 Å². The third-order valence-electron chi connectivity index (χ3n) is 4.59. The number of aromatic nitrogens is 3. The number of thioether (sulfide) groups is 1. The maximum Gasteiger partial charge on any atom is 0.242 e. The Morgan fingerprint density at radius 1 is 1.04 bits per heavy atom. The number of hydrogen-bond donors (Lipinski definition) is 0. The molecule has 0 saturated carbocycles. The van der Waals surface area contributed by atoms with E-state index in [-0.39, 0.29) is 5.91 Å². The molecular weight excluding hydrogens is 388 g/mol. The van der Waals surface area contributed by atoms with Crippen LogP contribution in [0, 0.1) is 0 Å². The van der Waals surface area contributed by atoms with Crippen molar-refractivity contribution in [2.75, 3.05) is 10.7 Å². The fourth-order valence-corrected chi connectivity index (χ4v) is 5.05. The predicted molar refractivity (Wildman–Crippen MR) is 114 cm³/mol. The van der Waals surface area contributed by atoms with Gasteiger partial charge in [-0.1, -0.05) is 67.6 Å². The molecule has 28 heavy (non-hydrogen) atoms. The van der Waals surface area contributed by atoms with E-state index in [1.807, 2.05) is 45.9 Å². The lowest BCUT2D eigenvalue weighted by molar-refractivity contribution is -0.115. The number of benzene rings is 2. The van der Waals surface area contributed by atoms with E-state index in [2.05, 4.69) is 29.3 Å². The van der Waals surface area contributed by atoms with Gasteiger partial charge in [0.2, 0.25) is 5.91 Å². The Bertz CT molecular complexity index is 927. The molecule has 0 radical (unpaired) electrons. The van der Waals surface area contributed by atoms with Crippen LogP contribution < -0.4 is 4.90 Å². The van der Waals surface area contributed by atoms with Crippen molar-refractivity contribution in [3.8, 4) is 0 Å². The van der Waals surface area contributed by atoms with Gasteiger partial charge in [0.25, 0.3) is 0 Å². The maximum atomic E-state index is 13.2. The average Bonchev–Trinajstić information content (AvgIpc) is 3.17. The molecule has 144 valence electrons. The molecule has 0 fully saturated rings. The number of nitrogens with zero attached hydrogens (tertiary/aromatic N) is 4. The van der Waals surface area contributed by atoms with Gasteiger partial charge in [-0.25, -0.2) is 0 Å². The molecule has 0 unspecified atom stereocenters. The van der Waals surface area contributed by atoms with Crippen molar-refractivity contribution in [2.24, 2.45) is 0 Å². The Kier molecular flexibility index (Phi) is 6.02. The number of anilines is 2. The molecule has 7 heteroatoms. The molecule has 0 spiro atoms. The van der Waals surface area contributed by atoms with Crippen LogP contribution in [0.3, 0.4) is 0 Å². The van der Waals surface area contributed by atoms with Crippen LogP contribution in [0.5, 0.6) is 0 Å². The van der Waals surface area contributed by atoms with E-state index in [0.717, 1.165) is 39.3 Å². The second kappa shape index (κ2) is 8.84. The fourth-order valence-electron chi connectivity index (χ4n) is 3.21. The summed E-state index contributed by atoms with van der Waals surface area (Å²) < 4.78 is 2.04. The molecule has 0 aliphatic carbocycles. The van der Waals surface area contributed by atoms with Crippen LogP contribution in [0.2, 0.25) is 0 Å². The van der Waals surface area contributed by atoms with Gasteiger partial charge >= 0.3 is 0 Å². The third-order valence-corrected chi connectivity index (χ3v) is 6.68. The van der Waals surface area contributed by atoms with Gasteiger partial charge in [-0.3, -0.25) is 9.69 Å². The van der Waals surface area contributed by atoms with E-state index in [1.54, 1.807) is 18.1 Å². The zero-order valence-electron chi connectivity index (χ0n) is 15.7. The molecule has 0 N–H and O–H groups in total. The number of carbonyl (C=O) groups is 1. The summed E-state index contributed by atoms with van der Waals surface area (Å²) in [5.74, 6) is 0.369. The van der Waals surface area contributed by atoms with E-state index < -0.39 is 0 Å². The molecule has 1 aromatic heterocycles. The summed E-state index contributed by atoms with van der Waals surface area (Å²) in [6.07, 6.45) is 5.21. The molecule has 2 aromatic carbocycles. The van der Waals surface area contributed by atoms with E-state index in [4.69, 9.17) is 0 Å². The first kappa shape index (κ1) is 19.1. The summed E-state index contributed by atoms with van der Waals surface area (Å²) in [6.45, 7) is 3.08. The lowest BCUT2D eigenvalue weighted by Gasteiger charge is -2.30. The molecule has 4 rings (SSSR count). The summed E-state index contributed by atoms with van der Waals surface area (Å²) in [7, 11) is 0. The maximum absolute atomic E-state index is 13.2. The number of para-hydroxylation sites is 2. The highest BCUT2D eigenvalue weighted by Gasteiger charge is 2.28. The number of aryl methyl sites for hydroxylation is 1. The number of hydrogen-bond acceptors (Lipinski definition) is 5. The van der Waals surface area contributed by atoms with E-state index in [9.17, 15) is 4.79 Å². The monoisotopic (exact) mass is 410 g/mol. The second-order valence-corrected chi connectivity index (χ2v) is 8.60. The highest BCUT2D eigenvalue weighted by molar-refractivity contribution is 8.00. The summed E-state index contributed by atoms with van der Waals surface area (Å²) in [6, 6.07) is 16.1. The summed E-state index contributed by atoms with van der Waals surface area (Å²) in [4.78, 5) is 17.3. The van der Waals surface area contributed by atoms with E-state index >= 15 is 0 Å². The largest absolute Gasteiger partial charge is 0.309 e. The third kappa shape index (κ3) is 3.95. The minimum atomic E-state index is 0.0494. The van der Waals surface area contributed by atoms with Crippen molar-refractivity contribution in [2.45, 2.75) is 47.7 Å². The van der Waals surface area contributed by atoms with Crippen LogP contribution in [0.4, 0.5) is 11.4 Å². The number of carbonyl (C=O) groups excluding carboxylic acids is 1. The Morgan fingerprint density at radius 3 is 2.39 bits per heavy atom. The van der Waals surface area contributed by atoms with Gasteiger partial charge in [0.1, 0.15) is 6.33 Å². The van der Waals surface area contributed by atoms with Crippen molar-refractivity contribution < 1.29 is 4.79 Å². The van der Waals surface area contributed by atoms with Crippen LogP contribution in [0.25, 0.3) is 0 Å². The SMILES string of the molecule is CCCCCn1cnnc1SCC(=O)N1c2ccccc2Sc2ccccc21. The molecule has 0 saturated heterocycles. The average molecular weight is 411 g/mol. The second-order valence-electron chi connectivity index (χ2n) is 6.57. The minimum Gasteiger partial charge on any atom is -0.309 e. The normalized spacial score (nSPS) is 12.5. The highest BCUT2D eigenvalue weighted by atomic mass is 32.2. The topological polar surface area (TPSA) is 51.0 Å². The van der Waals surface area contributed by atoms with Gasteiger partial charge < -0.3 is 4.57 Å². The van der Waals surface area contributed by atoms with Gasteiger partial charge in [0, 0.05) is 16.3 Å². The van der Waals surface area contributed by atoms with Gasteiger partial charge in [0.15, 0.2) is 5.16 Å². The lowest BCUT2D eigenvalue weighted by Crippen LogP contribution is -2.30. The number of fused-ring (bicyclic) bond motifs is 2. The molecule has 1 aliphatic heterocycles. The summed E-state index contributed by atoms with van der Waals surface area (Å²) >= 11 is 3.16. The van der Waals surface area contributed by atoms with E-state index in [0.29, 0.717) is 5.75 Å². The Labute approximate surface area is 173 Å². The van der Waals surface area contributed by atoms with Crippen molar-refractivity contribution in [3.05, 3.63) is 54.9 Å². The Balaban J connectivity index is 1.52. The molecule has 5 nitrogen and oxygen atoms in total. The molecule has 1 amide bonds. The molecule has 2 heterocycles. The van der Waals surface area contributed by atoms with Gasteiger partial charge in [-0.2, -0.15) is 0 Å². The smallest absolute Gasteiger partial charge is 0.242 e. The minimum absolute atomic E-state index is 0.0494. The van der Waals surface area contributed by atoms with Crippen LogP contribution in [-0.4, -0.2) is 26.4 Å². The lowest BCUT2D eigenvalue weighted by atomic mass is 10.2. The Morgan fingerprint density at radius 2 is 1.71 bits per heavy atom. The Hall–Kier alpha value is -2.25. The van der Waals surface area contributed by atoms with Gasteiger partial charge in [-0.15, -0.1) is 10.2 Å².